The van der Waals surface area contributed by atoms with Gasteiger partial charge in [-0.15, -0.1) is 0 Å². The molecule has 1 N–H and O–H groups in total. The molecule has 1 aromatic carbocycles. The standard InChI is InChI=1S/C15H19Cl2F2NO/c1-9-3-2-4-10(6-5-9)20-11-7-12(16)14(13(17)8-11)21-15(18)19/h7-10,15,20H,2-6H2,1H3. The van der Waals surface area contributed by atoms with E-state index in [4.69, 9.17) is 23.2 Å². The van der Waals surface area contributed by atoms with E-state index in [9.17, 15) is 8.78 Å². The second kappa shape index (κ2) is 7.50. The summed E-state index contributed by atoms with van der Waals surface area (Å²) in [5.74, 6) is 0.583. The lowest BCUT2D eigenvalue weighted by Crippen LogP contribution is -2.18. The van der Waals surface area contributed by atoms with Crippen LogP contribution >= 0.6 is 23.2 Å². The van der Waals surface area contributed by atoms with E-state index < -0.39 is 6.61 Å². The molecule has 2 rings (SSSR count). The van der Waals surface area contributed by atoms with Gasteiger partial charge in [0.05, 0.1) is 10.0 Å². The van der Waals surface area contributed by atoms with Gasteiger partial charge < -0.3 is 10.1 Å². The molecule has 2 atom stereocenters. The molecule has 2 unspecified atom stereocenters. The normalized spacial score (nSPS) is 23.0. The highest BCUT2D eigenvalue weighted by molar-refractivity contribution is 6.37. The van der Waals surface area contributed by atoms with Gasteiger partial charge in [0.2, 0.25) is 0 Å². The number of anilines is 1. The Morgan fingerprint density at radius 3 is 2.43 bits per heavy atom. The molecule has 1 aliphatic carbocycles. The molecule has 0 amide bonds. The smallest absolute Gasteiger partial charge is 0.387 e. The lowest BCUT2D eigenvalue weighted by Gasteiger charge is -2.19. The van der Waals surface area contributed by atoms with Gasteiger partial charge >= 0.3 is 6.61 Å². The molecule has 1 aliphatic rings. The Hall–Kier alpha value is -0.740. The Morgan fingerprint density at radius 2 is 1.81 bits per heavy atom. The average Bonchev–Trinajstić information content (AvgIpc) is 2.59. The van der Waals surface area contributed by atoms with Crippen LogP contribution in [0.4, 0.5) is 14.5 Å². The van der Waals surface area contributed by atoms with Crippen molar-refractivity contribution in [2.24, 2.45) is 5.92 Å². The maximum Gasteiger partial charge on any atom is 0.387 e. The molecule has 0 radical (unpaired) electrons. The van der Waals surface area contributed by atoms with E-state index in [0.29, 0.717) is 6.04 Å². The number of alkyl halides is 2. The summed E-state index contributed by atoms with van der Waals surface area (Å²) in [5.41, 5.74) is 0.742. The first-order valence-corrected chi connectivity index (χ1v) is 7.91. The first kappa shape index (κ1) is 16.6. The summed E-state index contributed by atoms with van der Waals surface area (Å²) in [7, 11) is 0. The molecule has 0 aromatic heterocycles. The number of rotatable bonds is 4. The fraction of sp³-hybridized carbons (Fsp3) is 0.600. The van der Waals surface area contributed by atoms with Gasteiger partial charge in [-0.3, -0.25) is 0 Å². The van der Waals surface area contributed by atoms with E-state index in [1.165, 1.54) is 19.3 Å². The molecule has 1 aromatic rings. The minimum absolute atomic E-state index is 0.0901. The summed E-state index contributed by atoms with van der Waals surface area (Å²) >= 11 is 11.9. The molecule has 0 aliphatic heterocycles. The minimum atomic E-state index is -2.94. The molecule has 0 saturated heterocycles. The predicted octanol–water partition coefficient (Wildman–Crippen LogP) is 5.98. The van der Waals surface area contributed by atoms with E-state index in [1.54, 1.807) is 12.1 Å². The Labute approximate surface area is 133 Å². The highest BCUT2D eigenvalue weighted by Gasteiger charge is 2.18. The van der Waals surface area contributed by atoms with Crippen molar-refractivity contribution in [2.45, 2.75) is 51.7 Å². The molecule has 21 heavy (non-hydrogen) atoms. The molecular formula is C15H19Cl2F2NO. The second-order valence-electron chi connectivity index (χ2n) is 5.60. The molecular weight excluding hydrogens is 319 g/mol. The third-order valence-corrected chi connectivity index (χ3v) is 4.39. The zero-order valence-electron chi connectivity index (χ0n) is 11.8. The molecule has 0 heterocycles. The third kappa shape index (κ3) is 4.89. The number of benzene rings is 1. The molecule has 2 nitrogen and oxygen atoms in total. The maximum atomic E-state index is 12.3. The lowest BCUT2D eigenvalue weighted by molar-refractivity contribution is -0.0497. The van der Waals surface area contributed by atoms with Crippen LogP contribution in [0.25, 0.3) is 0 Å². The van der Waals surface area contributed by atoms with Crippen molar-refractivity contribution in [2.75, 3.05) is 5.32 Å². The summed E-state index contributed by atoms with van der Waals surface area (Å²) in [5, 5.41) is 3.57. The van der Waals surface area contributed by atoms with Crippen molar-refractivity contribution in [3.05, 3.63) is 22.2 Å². The number of hydrogen-bond donors (Lipinski definition) is 1. The van der Waals surface area contributed by atoms with Crippen LogP contribution < -0.4 is 10.1 Å². The number of nitrogens with one attached hydrogen (secondary N) is 1. The van der Waals surface area contributed by atoms with Crippen molar-refractivity contribution < 1.29 is 13.5 Å². The SMILES string of the molecule is CC1CCCC(Nc2cc(Cl)c(OC(F)F)c(Cl)c2)CC1. The quantitative estimate of drug-likeness (QED) is 0.682. The minimum Gasteiger partial charge on any atom is -0.432 e. The van der Waals surface area contributed by atoms with Crippen LogP contribution in [-0.2, 0) is 0 Å². The third-order valence-electron chi connectivity index (χ3n) is 3.83. The Morgan fingerprint density at radius 1 is 1.14 bits per heavy atom. The van der Waals surface area contributed by atoms with Crippen LogP contribution in [0.5, 0.6) is 5.75 Å². The van der Waals surface area contributed by atoms with Crippen molar-refractivity contribution >= 4 is 28.9 Å². The monoisotopic (exact) mass is 337 g/mol. The lowest BCUT2D eigenvalue weighted by atomic mass is 10.0. The van der Waals surface area contributed by atoms with Crippen LogP contribution in [0.15, 0.2) is 12.1 Å². The van der Waals surface area contributed by atoms with Gasteiger partial charge in [0, 0.05) is 11.7 Å². The number of hydrogen-bond acceptors (Lipinski definition) is 2. The topological polar surface area (TPSA) is 21.3 Å². The van der Waals surface area contributed by atoms with Gasteiger partial charge in [-0.05, 0) is 37.3 Å². The fourth-order valence-electron chi connectivity index (χ4n) is 2.71. The molecule has 1 saturated carbocycles. The number of halogens is 4. The highest BCUT2D eigenvalue weighted by atomic mass is 35.5. The van der Waals surface area contributed by atoms with Crippen LogP contribution in [0.3, 0.4) is 0 Å². The van der Waals surface area contributed by atoms with E-state index >= 15 is 0 Å². The van der Waals surface area contributed by atoms with Crippen molar-refractivity contribution in [1.29, 1.82) is 0 Å². The van der Waals surface area contributed by atoms with E-state index in [2.05, 4.69) is 17.0 Å². The molecule has 0 bridgehead atoms. The summed E-state index contributed by atoms with van der Waals surface area (Å²) in [6, 6.07) is 3.53. The first-order valence-electron chi connectivity index (χ1n) is 7.16. The zero-order chi connectivity index (χ0) is 15.4. The van der Waals surface area contributed by atoms with E-state index in [1.807, 2.05) is 0 Å². The average molecular weight is 338 g/mol. The summed E-state index contributed by atoms with van der Waals surface area (Å²) in [6.45, 7) is -0.672. The van der Waals surface area contributed by atoms with Crippen molar-refractivity contribution in [3.8, 4) is 5.75 Å². The van der Waals surface area contributed by atoms with Crippen molar-refractivity contribution in [3.63, 3.8) is 0 Å². The molecule has 0 spiro atoms. The van der Waals surface area contributed by atoms with Gasteiger partial charge in [-0.25, -0.2) is 0 Å². The van der Waals surface area contributed by atoms with Gasteiger partial charge in [-0.2, -0.15) is 8.78 Å². The zero-order valence-corrected chi connectivity index (χ0v) is 13.4. The maximum absolute atomic E-state index is 12.3. The van der Waals surface area contributed by atoms with Crippen LogP contribution in [0, 0.1) is 5.92 Å². The first-order chi connectivity index (χ1) is 9.95. The molecule has 118 valence electrons. The fourth-order valence-corrected chi connectivity index (χ4v) is 3.29. The Balaban J connectivity index is 2.07. The number of ether oxygens (including phenoxy) is 1. The predicted molar refractivity (Wildman–Crippen MR) is 82.8 cm³/mol. The van der Waals surface area contributed by atoms with Crippen LogP contribution in [0.2, 0.25) is 10.0 Å². The van der Waals surface area contributed by atoms with Crippen LogP contribution in [-0.4, -0.2) is 12.7 Å². The molecule has 1 fully saturated rings. The van der Waals surface area contributed by atoms with E-state index in [0.717, 1.165) is 24.4 Å². The summed E-state index contributed by atoms with van der Waals surface area (Å²) in [4.78, 5) is 0. The van der Waals surface area contributed by atoms with E-state index in [-0.39, 0.29) is 15.8 Å². The second-order valence-corrected chi connectivity index (χ2v) is 6.42. The molecule has 6 heteroatoms. The Bertz CT molecular complexity index is 462. The summed E-state index contributed by atoms with van der Waals surface area (Å²) < 4.78 is 28.9. The van der Waals surface area contributed by atoms with Crippen LogP contribution in [0.1, 0.15) is 39.0 Å². The highest BCUT2D eigenvalue weighted by Crippen LogP contribution is 2.37. The van der Waals surface area contributed by atoms with Gasteiger partial charge in [0.1, 0.15) is 0 Å². The Kier molecular flexibility index (Phi) is 5.94. The van der Waals surface area contributed by atoms with Gasteiger partial charge in [0.15, 0.2) is 5.75 Å². The largest absolute Gasteiger partial charge is 0.432 e. The summed E-state index contributed by atoms with van der Waals surface area (Å²) in [6.07, 6.45) is 5.81. The van der Waals surface area contributed by atoms with Gasteiger partial charge in [-0.1, -0.05) is 43.0 Å². The van der Waals surface area contributed by atoms with Gasteiger partial charge in [0.25, 0.3) is 0 Å². The van der Waals surface area contributed by atoms with Crippen molar-refractivity contribution in [1.82, 2.24) is 0 Å².